The lowest BCUT2D eigenvalue weighted by molar-refractivity contribution is -0.180. The van der Waals surface area contributed by atoms with Crippen LogP contribution in [-0.4, -0.2) is 48.6 Å². The third-order valence-corrected chi connectivity index (χ3v) is 6.33. The average Bonchev–Trinajstić information content (AvgIpc) is 2.46. The predicted octanol–water partition coefficient (Wildman–Crippen LogP) is -0.439. The third-order valence-electron chi connectivity index (χ3n) is 6.33. The quantitative estimate of drug-likeness (QED) is 0.552. The van der Waals surface area contributed by atoms with E-state index in [-0.39, 0.29) is 42.9 Å². The lowest BCUT2D eigenvalue weighted by Crippen LogP contribution is -2.67. The van der Waals surface area contributed by atoms with Crippen LogP contribution in [0, 0.1) is 23.7 Å². The number of Topliss-reactive ketones (excluding diaryl/α,β-unsaturated/α-hetero) is 1. The second-order valence-corrected chi connectivity index (χ2v) is 7.52. The maximum atomic E-state index is 13.0. The van der Waals surface area contributed by atoms with Gasteiger partial charge in [0.15, 0.2) is 0 Å². The van der Waals surface area contributed by atoms with Crippen LogP contribution in [0.15, 0.2) is 0 Å². The second-order valence-electron chi connectivity index (χ2n) is 7.52. The van der Waals surface area contributed by atoms with Crippen molar-refractivity contribution in [3.8, 4) is 0 Å². The lowest BCUT2D eigenvalue weighted by Gasteiger charge is -2.50. The summed E-state index contributed by atoms with van der Waals surface area (Å²) in [5, 5.41) is 16.2. The third kappa shape index (κ3) is 2.41. The van der Waals surface area contributed by atoms with Crippen LogP contribution in [-0.2, 0) is 9.53 Å². The molecule has 124 valence electrons. The zero-order valence-corrected chi connectivity index (χ0v) is 12.9. The first-order chi connectivity index (χ1) is 10.7. The van der Waals surface area contributed by atoms with E-state index in [9.17, 15) is 9.90 Å². The smallest absolute Gasteiger partial charge is 0.145 e. The number of carbonyl (C=O) groups excluding carboxylic acids is 1. The maximum Gasteiger partial charge on any atom is 0.145 e. The Morgan fingerprint density at radius 3 is 2.77 bits per heavy atom. The summed E-state index contributed by atoms with van der Waals surface area (Å²) < 4.78 is 6.15. The van der Waals surface area contributed by atoms with Gasteiger partial charge in [-0.15, -0.1) is 0 Å². The average molecular weight is 309 g/mol. The molecule has 0 aromatic rings. The first kappa shape index (κ1) is 15.0. The molecule has 5 N–H and O–H groups in total. The van der Waals surface area contributed by atoms with Crippen molar-refractivity contribution < 1.29 is 14.6 Å². The predicted molar refractivity (Wildman–Crippen MR) is 80.7 cm³/mol. The Labute approximate surface area is 131 Å². The first-order valence-electron chi connectivity index (χ1n) is 8.72. The Balaban J connectivity index is 1.47. The van der Waals surface area contributed by atoms with E-state index in [4.69, 9.17) is 10.5 Å². The Morgan fingerprint density at radius 2 is 2.09 bits per heavy atom. The van der Waals surface area contributed by atoms with Crippen LogP contribution in [0.5, 0.6) is 0 Å². The highest BCUT2D eigenvalue weighted by Crippen LogP contribution is 2.40. The minimum absolute atomic E-state index is 0.0172. The largest absolute Gasteiger partial charge is 0.396 e. The fourth-order valence-electron chi connectivity index (χ4n) is 4.65. The number of rotatable bonds is 2. The number of fused-ring (bicyclic) bond motifs is 2. The zero-order chi connectivity index (χ0) is 15.3. The number of aliphatic hydroxyl groups excluding tert-OH is 1. The van der Waals surface area contributed by atoms with Gasteiger partial charge in [0.25, 0.3) is 0 Å². The van der Waals surface area contributed by atoms with E-state index < -0.39 is 0 Å². The molecule has 4 rings (SSSR count). The molecule has 22 heavy (non-hydrogen) atoms. The SMILES string of the molecule is NC1NC2OC3CNC(C4CCC4)CC3C(=O)C2CC1CO. The summed E-state index contributed by atoms with van der Waals surface area (Å²) >= 11 is 0. The Hall–Kier alpha value is -0.530. The summed E-state index contributed by atoms with van der Waals surface area (Å²) in [6.45, 7) is 0.784. The molecule has 7 unspecified atom stereocenters. The molecule has 3 aliphatic heterocycles. The molecule has 0 radical (unpaired) electrons. The molecule has 4 fully saturated rings. The van der Waals surface area contributed by atoms with Crippen LogP contribution in [0.25, 0.3) is 0 Å². The van der Waals surface area contributed by atoms with Crippen molar-refractivity contribution in [1.29, 1.82) is 0 Å². The molecule has 6 heteroatoms. The highest BCUT2D eigenvalue weighted by molar-refractivity contribution is 5.85. The molecule has 4 aliphatic rings. The number of nitrogens with two attached hydrogens (primary N) is 1. The van der Waals surface area contributed by atoms with Gasteiger partial charge in [-0.25, -0.2) is 0 Å². The fourth-order valence-corrected chi connectivity index (χ4v) is 4.65. The van der Waals surface area contributed by atoms with Crippen molar-refractivity contribution in [3.05, 3.63) is 0 Å². The Kier molecular flexibility index (Phi) is 3.98. The van der Waals surface area contributed by atoms with Gasteiger partial charge in [-0.1, -0.05) is 6.42 Å². The van der Waals surface area contributed by atoms with Crippen molar-refractivity contribution in [2.75, 3.05) is 13.2 Å². The van der Waals surface area contributed by atoms with Crippen LogP contribution in [0.4, 0.5) is 0 Å². The number of aliphatic hydroxyl groups is 1. The molecule has 0 amide bonds. The standard InChI is InChI=1S/C16H27N3O3/c17-15-9(7-20)4-11-14(21)10-5-12(8-2-1-3-8)18-6-13(10)22-16(11)19-15/h8-13,15-16,18-20H,1-7,17H2. The van der Waals surface area contributed by atoms with E-state index in [1.54, 1.807) is 0 Å². The molecule has 3 saturated heterocycles. The van der Waals surface area contributed by atoms with Crippen LogP contribution in [0.3, 0.4) is 0 Å². The molecule has 6 nitrogen and oxygen atoms in total. The highest BCUT2D eigenvalue weighted by atomic mass is 16.5. The van der Waals surface area contributed by atoms with Gasteiger partial charge in [-0.3, -0.25) is 10.1 Å². The van der Waals surface area contributed by atoms with E-state index in [1.807, 2.05) is 0 Å². The molecular formula is C16H27N3O3. The second kappa shape index (κ2) is 5.83. The van der Waals surface area contributed by atoms with Gasteiger partial charge < -0.3 is 20.9 Å². The van der Waals surface area contributed by atoms with E-state index in [2.05, 4.69) is 10.6 Å². The van der Waals surface area contributed by atoms with Crippen molar-refractivity contribution in [3.63, 3.8) is 0 Å². The van der Waals surface area contributed by atoms with Gasteiger partial charge in [0.05, 0.1) is 18.2 Å². The van der Waals surface area contributed by atoms with Gasteiger partial charge in [-0.2, -0.15) is 0 Å². The number of ketones is 1. The van der Waals surface area contributed by atoms with Gasteiger partial charge in [0, 0.05) is 31.0 Å². The summed E-state index contributed by atoms with van der Waals surface area (Å²) in [5.41, 5.74) is 6.02. The minimum atomic E-state index is -0.296. The fraction of sp³-hybridized carbons (Fsp3) is 0.938. The van der Waals surface area contributed by atoms with Crippen LogP contribution < -0.4 is 16.4 Å². The highest BCUT2D eigenvalue weighted by Gasteiger charge is 2.51. The van der Waals surface area contributed by atoms with Gasteiger partial charge in [0.2, 0.25) is 0 Å². The summed E-state index contributed by atoms with van der Waals surface area (Å²) in [5.74, 6) is 0.871. The van der Waals surface area contributed by atoms with Crippen molar-refractivity contribution >= 4 is 5.78 Å². The number of carbonyl (C=O) groups is 1. The molecular weight excluding hydrogens is 282 g/mol. The topological polar surface area (TPSA) is 96.6 Å². The monoisotopic (exact) mass is 309 g/mol. The molecule has 0 aromatic carbocycles. The van der Waals surface area contributed by atoms with Crippen molar-refractivity contribution in [2.45, 2.75) is 56.6 Å². The van der Waals surface area contributed by atoms with E-state index in [0.29, 0.717) is 18.2 Å². The lowest BCUT2D eigenvalue weighted by atomic mass is 9.69. The van der Waals surface area contributed by atoms with Crippen LogP contribution in [0.2, 0.25) is 0 Å². The van der Waals surface area contributed by atoms with Crippen LogP contribution in [0.1, 0.15) is 32.1 Å². The van der Waals surface area contributed by atoms with Crippen molar-refractivity contribution in [2.24, 2.45) is 29.4 Å². The minimum Gasteiger partial charge on any atom is -0.396 e. The zero-order valence-electron chi connectivity index (χ0n) is 12.9. The maximum absolute atomic E-state index is 13.0. The number of piperidine rings is 2. The number of hydrogen-bond donors (Lipinski definition) is 4. The summed E-state index contributed by atoms with van der Waals surface area (Å²) in [7, 11) is 0. The normalized spacial score (nSPS) is 49.2. The van der Waals surface area contributed by atoms with Gasteiger partial charge in [0.1, 0.15) is 12.0 Å². The molecule has 0 bridgehead atoms. The summed E-state index contributed by atoms with van der Waals surface area (Å²) in [4.78, 5) is 13.0. The molecule has 7 atom stereocenters. The Bertz CT molecular complexity index is 442. The first-order valence-corrected chi connectivity index (χ1v) is 8.72. The molecule has 1 aliphatic carbocycles. The van der Waals surface area contributed by atoms with E-state index >= 15 is 0 Å². The molecule has 0 spiro atoms. The summed E-state index contributed by atoms with van der Waals surface area (Å²) in [6, 6.07) is 0.478. The summed E-state index contributed by atoms with van der Waals surface area (Å²) in [6.07, 6.45) is 4.84. The van der Waals surface area contributed by atoms with E-state index in [1.165, 1.54) is 19.3 Å². The molecule has 3 heterocycles. The molecule has 0 aromatic heterocycles. The van der Waals surface area contributed by atoms with Gasteiger partial charge in [-0.05, 0) is 31.6 Å². The molecule has 1 saturated carbocycles. The van der Waals surface area contributed by atoms with Crippen LogP contribution >= 0.6 is 0 Å². The number of hydrogen-bond acceptors (Lipinski definition) is 6. The van der Waals surface area contributed by atoms with Crippen molar-refractivity contribution in [1.82, 2.24) is 10.6 Å². The number of ether oxygens (including phenoxy) is 1. The van der Waals surface area contributed by atoms with E-state index in [0.717, 1.165) is 18.9 Å². The Morgan fingerprint density at radius 1 is 1.27 bits per heavy atom. The number of nitrogens with one attached hydrogen (secondary N) is 2. The van der Waals surface area contributed by atoms with Gasteiger partial charge >= 0.3 is 0 Å².